The lowest BCUT2D eigenvalue weighted by Crippen LogP contribution is -2.27. The second-order valence-electron chi connectivity index (χ2n) is 5.86. The van der Waals surface area contributed by atoms with Gasteiger partial charge in [-0.15, -0.1) is 0 Å². The van der Waals surface area contributed by atoms with E-state index >= 15 is 0 Å². The summed E-state index contributed by atoms with van der Waals surface area (Å²) in [5.74, 6) is 1.66. The summed E-state index contributed by atoms with van der Waals surface area (Å²) in [4.78, 5) is 11.7. The minimum atomic E-state index is 0.0747. The van der Waals surface area contributed by atoms with E-state index in [2.05, 4.69) is 23.6 Å². The van der Waals surface area contributed by atoms with Crippen LogP contribution in [0.4, 0.5) is 0 Å². The highest BCUT2D eigenvalue weighted by Crippen LogP contribution is 2.18. The molecule has 0 aromatic heterocycles. The molecule has 4 nitrogen and oxygen atoms in total. The molecule has 1 aromatic carbocycles. The van der Waals surface area contributed by atoms with Gasteiger partial charge in [0.2, 0.25) is 5.91 Å². The number of carbonyl (C=O) groups is 1. The molecule has 0 aliphatic carbocycles. The lowest BCUT2D eigenvalue weighted by Gasteiger charge is -2.11. The third kappa shape index (κ3) is 5.38. The van der Waals surface area contributed by atoms with E-state index < -0.39 is 0 Å². The molecule has 2 N–H and O–H groups in total. The van der Waals surface area contributed by atoms with Crippen LogP contribution in [-0.2, 0) is 4.79 Å². The molecule has 1 heterocycles. The van der Waals surface area contributed by atoms with Gasteiger partial charge in [0.15, 0.2) is 0 Å². The normalized spacial score (nSPS) is 17.7. The number of ether oxygens (including phenoxy) is 1. The summed E-state index contributed by atoms with van der Waals surface area (Å²) < 4.78 is 5.67. The molecule has 1 aliphatic heterocycles. The van der Waals surface area contributed by atoms with E-state index in [9.17, 15) is 4.79 Å². The van der Waals surface area contributed by atoms with Crippen LogP contribution < -0.4 is 15.4 Å². The van der Waals surface area contributed by atoms with Crippen molar-refractivity contribution in [2.45, 2.75) is 33.1 Å². The maximum Gasteiger partial charge on any atom is 0.223 e. The highest BCUT2D eigenvalue weighted by atomic mass is 16.5. The van der Waals surface area contributed by atoms with Crippen molar-refractivity contribution >= 4 is 5.91 Å². The number of rotatable bonds is 7. The fourth-order valence-electron chi connectivity index (χ4n) is 2.68. The van der Waals surface area contributed by atoms with E-state index in [1.54, 1.807) is 0 Å². The van der Waals surface area contributed by atoms with Gasteiger partial charge in [0.05, 0.1) is 13.0 Å². The Morgan fingerprint density at radius 3 is 3.00 bits per heavy atom. The van der Waals surface area contributed by atoms with Crippen LogP contribution >= 0.6 is 0 Å². The second kappa shape index (κ2) is 8.03. The summed E-state index contributed by atoms with van der Waals surface area (Å²) in [6.45, 7) is 7.49. The molecule has 4 heteroatoms. The van der Waals surface area contributed by atoms with Crippen molar-refractivity contribution in [3.63, 3.8) is 0 Å². The molecule has 1 aliphatic rings. The van der Waals surface area contributed by atoms with Crippen LogP contribution in [0, 0.1) is 19.8 Å². The van der Waals surface area contributed by atoms with E-state index in [1.165, 1.54) is 12.0 Å². The van der Waals surface area contributed by atoms with Crippen LogP contribution in [0.1, 0.15) is 30.4 Å². The summed E-state index contributed by atoms with van der Waals surface area (Å²) in [7, 11) is 0. The molecule has 1 aromatic rings. The summed E-state index contributed by atoms with van der Waals surface area (Å²) in [6, 6.07) is 6.08. The van der Waals surface area contributed by atoms with Crippen molar-refractivity contribution in [2.75, 3.05) is 26.2 Å². The van der Waals surface area contributed by atoms with Crippen LogP contribution in [-0.4, -0.2) is 32.1 Å². The van der Waals surface area contributed by atoms with Crippen LogP contribution in [0.25, 0.3) is 0 Å². The average molecular weight is 290 g/mol. The third-order valence-corrected chi connectivity index (χ3v) is 3.95. The van der Waals surface area contributed by atoms with Crippen molar-refractivity contribution < 1.29 is 9.53 Å². The van der Waals surface area contributed by atoms with Crippen LogP contribution in [0.2, 0.25) is 0 Å². The molecule has 1 unspecified atom stereocenters. The fraction of sp³-hybridized carbons (Fsp3) is 0.588. The first-order valence-corrected chi connectivity index (χ1v) is 7.82. The first kappa shape index (κ1) is 15.8. The van der Waals surface area contributed by atoms with E-state index in [0.717, 1.165) is 43.3 Å². The Morgan fingerprint density at radius 2 is 2.29 bits per heavy atom. The highest BCUT2D eigenvalue weighted by Gasteiger charge is 2.14. The number of hydrogen-bond acceptors (Lipinski definition) is 3. The Hall–Kier alpha value is -1.55. The summed E-state index contributed by atoms with van der Waals surface area (Å²) >= 11 is 0. The smallest absolute Gasteiger partial charge is 0.223 e. The minimum Gasteiger partial charge on any atom is -0.493 e. The lowest BCUT2D eigenvalue weighted by molar-refractivity contribution is -0.121. The number of nitrogens with one attached hydrogen (secondary N) is 2. The molecular formula is C17H26N2O2. The largest absolute Gasteiger partial charge is 0.493 e. The van der Waals surface area contributed by atoms with Gasteiger partial charge in [-0.05, 0) is 57.3 Å². The van der Waals surface area contributed by atoms with Gasteiger partial charge in [-0.2, -0.15) is 0 Å². The van der Waals surface area contributed by atoms with Crippen molar-refractivity contribution in [1.82, 2.24) is 10.6 Å². The van der Waals surface area contributed by atoms with E-state index in [4.69, 9.17) is 4.74 Å². The zero-order valence-electron chi connectivity index (χ0n) is 13.1. The topological polar surface area (TPSA) is 50.4 Å². The fourth-order valence-corrected chi connectivity index (χ4v) is 2.68. The first-order chi connectivity index (χ1) is 10.1. The molecule has 0 spiro atoms. The minimum absolute atomic E-state index is 0.0747. The van der Waals surface area contributed by atoms with Gasteiger partial charge >= 0.3 is 0 Å². The number of carbonyl (C=O) groups excluding carboxylic acids is 1. The predicted molar refractivity (Wildman–Crippen MR) is 84.6 cm³/mol. The molecule has 1 atom stereocenters. The average Bonchev–Trinajstić information content (AvgIpc) is 2.94. The molecule has 0 bridgehead atoms. The first-order valence-electron chi connectivity index (χ1n) is 7.82. The van der Waals surface area contributed by atoms with Crippen molar-refractivity contribution in [2.24, 2.45) is 5.92 Å². The summed E-state index contributed by atoms with van der Waals surface area (Å²) in [6.07, 6.45) is 2.71. The molecule has 0 radical (unpaired) electrons. The summed E-state index contributed by atoms with van der Waals surface area (Å²) in [5.41, 5.74) is 2.34. The van der Waals surface area contributed by atoms with Gasteiger partial charge in [-0.1, -0.05) is 17.7 Å². The van der Waals surface area contributed by atoms with Crippen LogP contribution in [0.5, 0.6) is 5.75 Å². The molecule has 21 heavy (non-hydrogen) atoms. The number of hydrogen-bond donors (Lipinski definition) is 2. The third-order valence-electron chi connectivity index (χ3n) is 3.95. The van der Waals surface area contributed by atoms with Gasteiger partial charge in [-0.25, -0.2) is 0 Å². The molecule has 116 valence electrons. The molecule has 1 amide bonds. The highest BCUT2D eigenvalue weighted by molar-refractivity contribution is 5.75. The molecule has 0 saturated carbocycles. The molecule has 1 fully saturated rings. The Morgan fingerprint density at radius 1 is 1.43 bits per heavy atom. The van der Waals surface area contributed by atoms with Gasteiger partial charge in [0, 0.05) is 6.54 Å². The Balaban J connectivity index is 1.60. The monoisotopic (exact) mass is 290 g/mol. The van der Waals surface area contributed by atoms with Crippen molar-refractivity contribution in [3.05, 3.63) is 29.3 Å². The maximum atomic E-state index is 11.7. The number of aryl methyl sites for hydroxylation is 2. The van der Waals surface area contributed by atoms with Crippen LogP contribution in [0.3, 0.4) is 0 Å². The van der Waals surface area contributed by atoms with E-state index in [1.807, 2.05) is 19.1 Å². The Kier molecular flexibility index (Phi) is 6.05. The Labute approximate surface area is 127 Å². The van der Waals surface area contributed by atoms with Gasteiger partial charge in [-0.3, -0.25) is 4.79 Å². The van der Waals surface area contributed by atoms with Gasteiger partial charge < -0.3 is 15.4 Å². The van der Waals surface area contributed by atoms with Crippen LogP contribution in [0.15, 0.2) is 18.2 Å². The maximum absolute atomic E-state index is 11.7. The SMILES string of the molecule is Cc1ccc(OCCC(=O)NCCC2CCNC2)c(C)c1. The quantitative estimate of drug-likeness (QED) is 0.809. The lowest BCUT2D eigenvalue weighted by atomic mass is 10.1. The van der Waals surface area contributed by atoms with E-state index in [-0.39, 0.29) is 5.91 Å². The van der Waals surface area contributed by atoms with E-state index in [0.29, 0.717) is 13.0 Å². The predicted octanol–water partition coefficient (Wildman–Crippen LogP) is 2.19. The second-order valence-corrected chi connectivity index (χ2v) is 5.86. The molecule has 1 saturated heterocycles. The standard InChI is InChI=1S/C17H26N2O2/c1-13-3-4-16(14(2)11-13)21-10-7-17(20)19-9-6-15-5-8-18-12-15/h3-4,11,15,18H,5-10,12H2,1-2H3,(H,19,20). The summed E-state index contributed by atoms with van der Waals surface area (Å²) in [5, 5.41) is 6.31. The number of benzene rings is 1. The Bertz CT molecular complexity index is 468. The molecule has 2 rings (SSSR count). The molecular weight excluding hydrogens is 264 g/mol. The zero-order chi connectivity index (χ0) is 15.1. The van der Waals surface area contributed by atoms with Crippen molar-refractivity contribution in [3.8, 4) is 5.75 Å². The zero-order valence-corrected chi connectivity index (χ0v) is 13.1. The van der Waals surface area contributed by atoms with Crippen molar-refractivity contribution in [1.29, 1.82) is 0 Å². The van der Waals surface area contributed by atoms with Gasteiger partial charge in [0.25, 0.3) is 0 Å². The van der Waals surface area contributed by atoms with Gasteiger partial charge in [0.1, 0.15) is 5.75 Å². The number of amides is 1.